The molecular weight excluding hydrogens is 202 g/mol. The molecule has 1 rings (SSSR count). The number of aliphatic imine (C=N–C) groups is 3. The van der Waals surface area contributed by atoms with Crippen LogP contribution in [-0.4, -0.2) is 25.4 Å². The first kappa shape index (κ1) is 11.8. The first-order valence-corrected chi connectivity index (χ1v) is 4.82. The van der Waals surface area contributed by atoms with E-state index in [9.17, 15) is 0 Å². The summed E-state index contributed by atoms with van der Waals surface area (Å²) in [5, 5.41) is 0. The molecule has 0 saturated heterocycles. The molecule has 0 aromatic carbocycles. The van der Waals surface area contributed by atoms with Gasteiger partial charge in [-0.1, -0.05) is 6.08 Å². The summed E-state index contributed by atoms with van der Waals surface area (Å²) in [5.74, 6) is 0. The summed E-state index contributed by atoms with van der Waals surface area (Å²) in [6.45, 7) is 0.498. The zero-order chi connectivity index (χ0) is 11.3. The highest BCUT2D eigenvalue weighted by Crippen LogP contribution is 1.83. The van der Waals surface area contributed by atoms with E-state index in [0.29, 0.717) is 6.61 Å². The third-order valence-electron chi connectivity index (χ3n) is 1.43. The van der Waals surface area contributed by atoms with Crippen molar-refractivity contribution in [3.05, 3.63) is 49.0 Å². The molecular formula is C12H13N3O. The van der Waals surface area contributed by atoms with Gasteiger partial charge >= 0.3 is 0 Å². The lowest BCUT2D eigenvalue weighted by molar-refractivity contribution is 0.289. The van der Waals surface area contributed by atoms with Crippen LogP contribution in [0.4, 0.5) is 0 Å². The molecule has 0 aliphatic carbocycles. The number of hydrogen-bond acceptors (Lipinski definition) is 4. The van der Waals surface area contributed by atoms with E-state index in [-0.39, 0.29) is 0 Å². The fourth-order valence-corrected chi connectivity index (χ4v) is 0.782. The maximum Gasteiger partial charge on any atom is 0.115 e. The van der Waals surface area contributed by atoms with Gasteiger partial charge in [-0.15, -0.1) is 0 Å². The van der Waals surface area contributed by atoms with Crippen molar-refractivity contribution in [2.75, 3.05) is 6.61 Å². The number of hydrogen-bond donors (Lipinski definition) is 0. The van der Waals surface area contributed by atoms with Crippen LogP contribution >= 0.6 is 0 Å². The normalized spacial score (nSPS) is 16.5. The second kappa shape index (κ2) is 9.33. The number of nitrogens with zero attached hydrogens (tertiary/aromatic N) is 3. The van der Waals surface area contributed by atoms with Gasteiger partial charge in [0.2, 0.25) is 0 Å². The van der Waals surface area contributed by atoms with E-state index in [0.717, 1.165) is 0 Å². The Balaban J connectivity index is 2.57. The van der Waals surface area contributed by atoms with Crippen LogP contribution in [-0.2, 0) is 4.74 Å². The van der Waals surface area contributed by atoms with Crippen LogP contribution in [0.2, 0.25) is 0 Å². The van der Waals surface area contributed by atoms with E-state index < -0.39 is 0 Å². The fraction of sp³-hybridized carbons (Fsp3) is 0.0833. The average molecular weight is 215 g/mol. The lowest BCUT2D eigenvalue weighted by Gasteiger charge is -1.90. The minimum atomic E-state index is 0.498. The van der Waals surface area contributed by atoms with Gasteiger partial charge in [-0.3, -0.25) is 4.99 Å². The van der Waals surface area contributed by atoms with Gasteiger partial charge < -0.3 is 4.74 Å². The summed E-state index contributed by atoms with van der Waals surface area (Å²) in [7, 11) is 0. The smallest absolute Gasteiger partial charge is 0.115 e. The molecule has 16 heavy (non-hydrogen) atoms. The van der Waals surface area contributed by atoms with Gasteiger partial charge in [-0.2, -0.15) is 0 Å². The molecule has 0 spiro atoms. The maximum absolute atomic E-state index is 5.15. The molecule has 0 radical (unpaired) electrons. The van der Waals surface area contributed by atoms with E-state index in [4.69, 9.17) is 4.74 Å². The minimum absolute atomic E-state index is 0.498. The lowest BCUT2D eigenvalue weighted by Crippen LogP contribution is -1.79. The van der Waals surface area contributed by atoms with Gasteiger partial charge in [0.25, 0.3) is 0 Å². The first-order chi connectivity index (χ1) is 8.00. The molecule has 1 aliphatic rings. The predicted octanol–water partition coefficient (Wildman–Crippen LogP) is 2.28. The second-order valence-electron chi connectivity index (χ2n) is 2.63. The van der Waals surface area contributed by atoms with E-state index >= 15 is 0 Å². The molecule has 0 aromatic heterocycles. The quantitative estimate of drug-likeness (QED) is 0.611. The molecule has 0 fully saturated rings. The van der Waals surface area contributed by atoms with E-state index in [1.165, 1.54) is 6.34 Å². The van der Waals surface area contributed by atoms with Gasteiger partial charge in [0.05, 0.1) is 6.26 Å². The highest BCUT2D eigenvalue weighted by molar-refractivity contribution is 5.80. The Hall–Kier alpha value is -2.23. The Morgan fingerprint density at radius 3 is 2.75 bits per heavy atom. The molecule has 1 heterocycles. The third-order valence-corrected chi connectivity index (χ3v) is 1.43. The van der Waals surface area contributed by atoms with Crippen LogP contribution in [0.25, 0.3) is 0 Å². The van der Waals surface area contributed by atoms with Crippen molar-refractivity contribution in [2.24, 2.45) is 15.0 Å². The summed E-state index contributed by atoms with van der Waals surface area (Å²) in [6, 6.07) is 0. The topological polar surface area (TPSA) is 46.3 Å². The lowest BCUT2D eigenvalue weighted by atomic mass is 10.5. The summed E-state index contributed by atoms with van der Waals surface area (Å²) in [5.41, 5.74) is 0. The highest BCUT2D eigenvalue weighted by atomic mass is 16.5. The molecule has 0 amide bonds. The van der Waals surface area contributed by atoms with E-state index in [1.54, 1.807) is 49.3 Å². The Bertz CT molecular complexity index is 338. The van der Waals surface area contributed by atoms with Gasteiger partial charge in [0, 0.05) is 24.8 Å². The summed E-state index contributed by atoms with van der Waals surface area (Å²) in [6.07, 6.45) is 18.6. The molecule has 4 nitrogen and oxygen atoms in total. The average Bonchev–Trinajstić information content (AvgIpc) is 2.29. The Labute approximate surface area is 94.8 Å². The zero-order valence-corrected chi connectivity index (χ0v) is 8.81. The van der Waals surface area contributed by atoms with Crippen LogP contribution in [0.5, 0.6) is 0 Å². The largest absolute Gasteiger partial charge is 0.497 e. The molecule has 0 aromatic rings. The summed E-state index contributed by atoms with van der Waals surface area (Å²) >= 11 is 0. The molecule has 82 valence electrons. The summed E-state index contributed by atoms with van der Waals surface area (Å²) < 4.78 is 5.15. The van der Waals surface area contributed by atoms with Gasteiger partial charge in [-0.05, 0) is 24.3 Å². The Morgan fingerprint density at radius 2 is 1.75 bits per heavy atom. The number of rotatable bonds is 0. The van der Waals surface area contributed by atoms with E-state index in [1.807, 2.05) is 12.2 Å². The molecule has 0 bridgehead atoms. The maximum atomic E-state index is 5.15. The van der Waals surface area contributed by atoms with Crippen molar-refractivity contribution in [3.8, 4) is 0 Å². The van der Waals surface area contributed by atoms with Crippen molar-refractivity contribution < 1.29 is 4.74 Å². The van der Waals surface area contributed by atoms with Crippen molar-refractivity contribution in [1.82, 2.24) is 0 Å². The monoisotopic (exact) mass is 215 g/mol. The van der Waals surface area contributed by atoms with Crippen LogP contribution in [0.15, 0.2) is 64.0 Å². The van der Waals surface area contributed by atoms with Crippen molar-refractivity contribution in [1.29, 1.82) is 0 Å². The van der Waals surface area contributed by atoms with Crippen molar-refractivity contribution in [2.45, 2.75) is 0 Å². The van der Waals surface area contributed by atoms with Crippen molar-refractivity contribution >= 4 is 18.8 Å². The van der Waals surface area contributed by atoms with Gasteiger partial charge in [0.1, 0.15) is 12.9 Å². The van der Waals surface area contributed by atoms with Crippen LogP contribution in [0.3, 0.4) is 0 Å². The van der Waals surface area contributed by atoms with Crippen LogP contribution < -0.4 is 0 Å². The summed E-state index contributed by atoms with van der Waals surface area (Å²) in [4.78, 5) is 11.8. The first-order valence-electron chi connectivity index (χ1n) is 4.82. The van der Waals surface area contributed by atoms with E-state index in [2.05, 4.69) is 15.0 Å². The molecule has 0 N–H and O–H groups in total. The predicted molar refractivity (Wildman–Crippen MR) is 68.0 cm³/mol. The zero-order valence-electron chi connectivity index (χ0n) is 8.81. The third kappa shape index (κ3) is 7.20. The van der Waals surface area contributed by atoms with Crippen LogP contribution in [0, 0.1) is 0 Å². The van der Waals surface area contributed by atoms with Crippen molar-refractivity contribution in [3.63, 3.8) is 0 Å². The standard InChI is InChI=1S/C12H13N3O/c1-2-6-14-12-15-8-4-7-13-9-5-11-16-10-3-1/h1-10,12H,11H2. The molecule has 0 atom stereocenters. The van der Waals surface area contributed by atoms with Gasteiger partial charge in [0.15, 0.2) is 0 Å². The molecule has 1 aliphatic heterocycles. The highest BCUT2D eigenvalue weighted by Gasteiger charge is 1.72. The SMILES string of the molecule is C1=CC=NC=NC=CC=NC=CCOC=C1. The molecule has 0 unspecified atom stereocenters. The fourth-order valence-electron chi connectivity index (χ4n) is 0.782. The van der Waals surface area contributed by atoms with Crippen LogP contribution in [0.1, 0.15) is 0 Å². The molecule has 0 saturated carbocycles. The second-order valence-corrected chi connectivity index (χ2v) is 2.63. The number of allylic oxidation sites excluding steroid dienone is 4. The Morgan fingerprint density at radius 1 is 0.812 bits per heavy atom. The minimum Gasteiger partial charge on any atom is -0.497 e. The van der Waals surface area contributed by atoms with Gasteiger partial charge in [-0.25, -0.2) is 9.98 Å². The molecule has 4 heteroatoms. The number of ether oxygens (including phenoxy) is 1. The Kier molecular flexibility index (Phi) is 6.91.